The van der Waals surface area contributed by atoms with Crippen molar-refractivity contribution < 1.29 is 0 Å². The third-order valence-electron chi connectivity index (χ3n) is 6.50. The van der Waals surface area contributed by atoms with Gasteiger partial charge in [-0.25, -0.2) is 9.97 Å². The number of nitrogen functional groups attached to an aromatic ring is 1. The molecule has 1 aliphatic heterocycles. The Kier molecular flexibility index (Phi) is 5.24. The number of aromatic nitrogens is 4. The van der Waals surface area contributed by atoms with Crippen molar-refractivity contribution in [2.24, 2.45) is 11.1 Å². The highest BCUT2D eigenvalue weighted by molar-refractivity contribution is 7.99. The van der Waals surface area contributed by atoms with E-state index < -0.39 is 0 Å². The molecule has 5 rings (SSSR count). The normalized spacial score (nSPS) is 19.6. The van der Waals surface area contributed by atoms with Gasteiger partial charge >= 0.3 is 0 Å². The molecule has 1 fully saturated rings. The minimum atomic E-state index is 0.0971. The number of nitrogens with two attached hydrogens (primary N) is 2. The summed E-state index contributed by atoms with van der Waals surface area (Å²) in [5.74, 6) is 0.952. The maximum Gasteiger partial charge on any atom is 0.245 e. The quantitative estimate of drug-likeness (QED) is 0.616. The summed E-state index contributed by atoms with van der Waals surface area (Å²) < 4.78 is 0. The number of benzene rings is 1. The largest absolute Gasteiger partial charge is 0.382 e. The molecule has 3 aromatic rings. The van der Waals surface area contributed by atoms with E-state index in [-0.39, 0.29) is 11.5 Å². The van der Waals surface area contributed by atoms with Crippen LogP contribution in [0.3, 0.4) is 0 Å². The Bertz CT molecular complexity index is 1110. The van der Waals surface area contributed by atoms with E-state index >= 15 is 0 Å². The minimum absolute atomic E-state index is 0.0971. The van der Waals surface area contributed by atoms with E-state index in [1.54, 1.807) is 18.5 Å². The van der Waals surface area contributed by atoms with Gasteiger partial charge in [-0.1, -0.05) is 47.1 Å². The van der Waals surface area contributed by atoms with Crippen molar-refractivity contribution in [2.75, 3.05) is 23.7 Å². The maximum absolute atomic E-state index is 6.74. The second-order valence-electron chi connectivity index (χ2n) is 8.41. The number of rotatable bonds is 3. The molecule has 0 amide bonds. The van der Waals surface area contributed by atoms with Crippen LogP contribution in [0.25, 0.3) is 0 Å². The fourth-order valence-corrected chi connectivity index (χ4v) is 5.67. The Hall–Kier alpha value is -2.42. The molecule has 160 valence electrons. The van der Waals surface area contributed by atoms with Gasteiger partial charge in [0.2, 0.25) is 5.95 Å². The number of piperidine rings is 1. The number of hydrogen-bond donors (Lipinski definition) is 2. The van der Waals surface area contributed by atoms with E-state index in [1.807, 2.05) is 0 Å². The van der Waals surface area contributed by atoms with Crippen molar-refractivity contribution in [3.8, 4) is 0 Å². The molecule has 1 atom stereocenters. The molecule has 4 N–H and O–H groups in total. The van der Waals surface area contributed by atoms with Crippen LogP contribution in [0.15, 0.2) is 46.6 Å². The first kappa shape index (κ1) is 20.5. The Morgan fingerprint density at radius 3 is 2.71 bits per heavy atom. The van der Waals surface area contributed by atoms with Crippen LogP contribution in [0.1, 0.15) is 35.6 Å². The second kappa shape index (κ2) is 7.93. The zero-order chi connectivity index (χ0) is 21.6. The number of hydrogen-bond acceptors (Lipinski definition) is 8. The van der Waals surface area contributed by atoms with Gasteiger partial charge in [0.05, 0.1) is 11.2 Å². The van der Waals surface area contributed by atoms with Crippen LogP contribution in [0.5, 0.6) is 0 Å². The van der Waals surface area contributed by atoms with Crippen molar-refractivity contribution in [2.45, 2.75) is 42.1 Å². The first-order chi connectivity index (χ1) is 14.9. The molecule has 1 saturated heterocycles. The molecule has 0 unspecified atom stereocenters. The molecule has 0 radical (unpaired) electrons. The van der Waals surface area contributed by atoms with E-state index in [4.69, 9.17) is 23.1 Å². The van der Waals surface area contributed by atoms with E-state index in [1.165, 1.54) is 28.5 Å². The van der Waals surface area contributed by atoms with Crippen molar-refractivity contribution >= 4 is 35.1 Å². The van der Waals surface area contributed by atoms with Crippen LogP contribution in [0.4, 0.5) is 11.8 Å². The number of halogens is 1. The van der Waals surface area contributed by atoms with Crippen molar-refractivity contribution in [1.82, 2.24) is 20.2 Å². The van der Waals surface area contributed by atoms with Crippen molar-refractivity contribution in [3.05, 3.63) is 58.4 Å². The standard InChI is InChI=1S/C22H24ClN7S/c1-13-2-3-14-11-22(19(24)15(14)10-13)5-8-30(9-6-22)21-27-12-17(28-29-21)31-16-4-7-26-20(25)18(16)23/h2-4,7,10,12,19H,5-6,8-9,11,24H2,1H3,(H2,25,26)/t19-/m0/s1. The van der Waals surface area contributed by atoms with Gasteiger partial charge in [-0.3, -0.25) is 0 Å². The van der Waals surface area contributed by atoms with Gasteiger partial charge in [0, 0.05) is 30.2 Å². The van der Waals surface area contributed by atoms with Gasteiger partial charge in [-0.2, -0.15) is 0 Å². The molecular weight excluding hydrogens is 430 g/mol. The molecule has 9 heteroatoms. The Labute approximate surface area is 190 Å². The highest BCUT2D eigenvalue weighted by Gasteiger charge is 2.46. The average molecular weight is 454 g/mol. The summed E-state index contributed by atoms with van der Waals surface area (Å²) >= 11 is 7.58. The number of nitrogens with zero attached hydrogens (tertiary/aromatic N) is 5. The van der Waals surface area contributed by atoms with Crippen LogP contribution in [-0.2, 0) is 6.42 Å². The number of pyridine rings is 1. The number of aryl methyl sites for hydroxylation is 1. The van der Waals surface area contributed by atoms with Gasteiger partial charge in [0.25, 0.3) is 0 Å². The monoisotopic (exact) mass is 453 g/mol. The van der Waals surface area contributed by atoms with Gasteiger partial charge in [-0.15, -0.1) is 10.2 Å². The molecule has 3 heterocycles. The summed E-state index contributed by atoms with van der Waals surface area (Å²) in [6.45, 7) is 3.88. The smallest absolute Gasteiger partial charge is 0.245 e. The van der Waals surface area contributed by atoms with E-state index in [9.17, 15) is 0 Å². The van der Waals surface area contributed by atoms with Crippen molar-refractivity contribution in [1.29, 1.82) is 0 Å². The van der Waals surface area contributed by atoms with E-state index in [0.29, 0.717) is 21.8 Å². The van der Waals surface area contributed by atoms with Crippen LogP contribution in [-0.4, -0.2) is 33.3 Å². The third-order valence-corrected chi connectivity index (χ3v) is 7.97. The molecule has 1 aliphatic carbocycles. The second-order valence-corrected chi connectivity index (χ2v) is 9.85. The molecule has 1 aromatic carbocycles. The molecule has 7 nitrogen and oxygen atoms in total. The van der Waals surface area contributed by atoms with Crippen LogP contribution in [0.2, 0.25) is 5.02 Å². The summed E-state index contributed by atoms with van der Waals surface area (Å²) in [4.78, 5) is 11.5. The molecule has 31 heavy (non-hydrogen) atoms. The zero-order valence-electron chi connectivity index (χ0n) is 17.3. The van der Waals surface area contributed by atoms with Crippen molar-refractivity contribution in [3.63, 3.8) is 0 Å². The first-order valence-corrected chi connectivity index (χ1v) is 11.5. The SMILES string of the molecule is Cc1ccc2c(c1)[C@H](N)C1(CCN(c3ncc(Sc4ccnc(N)c4Cl)nn3)CC1)C2. The lowest BCUT2D eigenvalue weighted by molar-refractivity contribution is 0.186. The molecular formula is C22H24ClN7S. The third kappa shape index (κ3) is 3.73. The average Bonchev–Trinajstić information content (AvgIpc) is 3.04. The van der Waals surface area contributed by atoms with Gasteiger partial charge < -0.3 is 16.4 Å². The Morgan fingerprint density at radius 2 is 1.97 bits per heavy atom. The van der Waals surface area contributed by atoms with Gasteiger partial charge in [0.15, 0.2) is 0 Å². The lowest BCUT2D eigenvalue weighted by atomic mass is 9.73. The van der Waals surface area contributed by atoms with Gasteiger partial charge in [0.1, 0.15) is 10.8 Å². The predicted octanol–water partition coefficient (Wildman–Crippen LogP) is 3.80. The lowest BCUT2D eigenvalue weighted by Crippen LogP contribution is -2.45. The predicted molar refractivity (Wildman–Crippen MR) is 123 cm³/mol. The Morgan fingerprint density at radius 1 is 1.16 bits per heavy atom. The van der Waals surface area contributed by atoms with Crippen LogP contribution >= 0.6 is 23.4 Å². The highest BCUT2D eigenvalue weighted by atomic mass is 35.5. The summed E-state index contributed by atoms with van der Waals surface area (Å²) in [7, 11) is 0. The number of fused-ring (bicyclic) bond motifs is 1. The zero-order valence-corrected chi connectivity index (χ0v) is 18.8. The Balaban J connectivity index is 1.26. The molecule has 2 aromatic heterocycles. The van der Waals surface area contributed by atoms with E-state index in [0.717, 1.165) is 37.2 Å². The molecule has 0 bridgehead atoms. The summed E-state index contributed by atoms with van der Waals surface area (Å²) in [6, 6.07) is 8.59. The fraction of sp³-hybridized carbons (Fsp3) is 0.364. The summed E-state index contributed by atoms with van der Waals surface area (Å²) in [5, 5.41) is 9.77. The molecule has 0 saturated carbocycles. The van der Waals surface area contributed by atoms with Gasteiger partial charge in [-0.05, 0) is 48.8 Å². The summed E-state index contributed by atoms with van der Waals surface area (Å²) in [6.07, 6.45) is 6.45. The topological polar surface area (TPSA) is 107 Å². The molecule has 2 aliphatic rings. The fourth-order valence-electron chi connectivity index (χ4n) is 4.71. The highest BCUT2D eigenvalue weighted by Crippen LogP contribution is 2.51. The molecule has 1 spiro atoms. The van der Waals surface area contributed by atoms with Crippen LogP contribution < -0.4 is 16.4 Å². The summed E-state index contributed by atoms with van der Waals surface area (Å²) in [5.41, 5.74) is 16.6. The maximum atomic E-state index is 6.74. The lowest BCUT2D eigenvalue weighted by Gasteiger charge is -2.42. The first-order valence-electron chi connectivity index (χ1n) is 10.3. The van der Waals surface area contributed by atoms with Crippen LogP contribution in [0, 0.1) is 12.3 Å². The number of anilines is 2. The minimum Gasteiger partial charge on any atom is -0.382 e. The van der Waals surface area contributed by atoms with E-state index in [2.05, 4.69) is 50.2 Å².